The van der Waals surface area contributed by atoms with Gasteiger partial charge in [-0.05, 0) is 44.0 Å². The van der Waals surface area contributed by atoms with E-state index >= 15 is 0 Å². The SMILES string of the molecule is COC(=O)CCC(C)C=O.CSSC.CSSC.CSSC. The van der Waals surface area contributed by atoms with Crippen molar-refractivity contribution < 1.29 is 14.3 Å². The molecule has 0 aliphatic heterocycles. The summed E-state index contributed by atoms with van der Waals surface area (Å²) >= 11 is 0. The quantitative estimate of drug-likeness (QED) is 0.291. The highest BCUT2D eigenvalue weighted by molar-refractivity contribution is 8.76. The van der Waals surface area contributed by atoms with E-state index < -0.39 is 0 Å². The smallest absolute Gasteiger partial charge is 0.305 e. The van der Waals surface area contributed by atoms with Crippen LogP contribution in [0.25, 0.3) is 0 Å². The Hall–Kier alpha value is 1.24. The normalized spacial score (nSPS) is 9.64. The number of carbonyl (C=O) groups is 2. The van der Waals surface area contributed by atoms with Crippen molar-refractivity contribution in [3.8, 4) is 0 Å². The van der Waals surface area contributed by atoms with Gasteiger partial charge in [-0.15, -0.1) is 0 Å². The van der Waals surface area contributed by atoms with Gasteiger partial charge in [-0.3, -0.25) is 4.79 Å². The maximum absolute atomic E-state index is 10.5. The van der Waals surface area contributed by atoms with Crippen LogP contribution < -0.4 is 0 Å². The van der Waals surface area contributed by atoms with Crippen LogP contribution in [0.5, 0.6) is 0 Å². The molecule has 136 valence electrons. The van der Waals surface area contributed by atoms with Crippen molar-refractivity contribution in [2.45, 2.75) is 19.8 Å². The van der Waals surface area contributed by atoms with Crippen molar-refractivity contribution in [2.24, 2.45) is 5.92 Å². The minimum absolute atomic E-state index is 0.0425. The summed E-state index contributed by atoms with van der Waals surface area (Å²) in [5.74, 6) is -0.298. The number of ether oxygens (including phenoxy) is 1. The molecule has 0 N–H and O–H groups in total. The molecule has 0 radical (unpaired) electrons. The number of hydrogen-bond donors (Lipinski definition) is 0. The van der Waals surface area contributed by atoms with E-state index in [-0.39, 0.29) is 11.9 Å². The van der Waals surface area contributed by atoms with Gasteiger partial charge in [0.2, 0.25) is 0 Å². The van der Waals surface area contributed by atoms with Crippen LogP contribution in [0.4, 0.5) is 0 Å². The molecule has 0 spiro atoms. The van der Waals surface area contributed by atoms with E-state index in [1.807, 2.05) is 0 Å². The van der Waals surface area contributed by atoms with Gasteiger partial charge in [-0.25, -0.2) is 0 Å². The molecule has 0 aromatic heterocycles. The lowest BCUT2D eigenvalue weighted by Crippen LogP contribution is -2.04. The molecule has 0 heterocycles. The Kier molecular flexibility index (Phi) is 47.6. The molecule has 0 bridgehead atoms. The molecule has 3 nitrogen and oxygen atoms in total. The average molecular weight is 427 g/mol. The zero-order valence-corrected chi connectivity index (χ0v) is 19.6. The van der Waals surface area contributed by atoms with Crippen LogP contribution in [-0.2, 0) is 14.3 Å². The molecule has 9 heteroatoms. The van der Waals surface area contributed by atoms with Crippen molar-refractivity contribution in [2.75, 3.05) is 44.6 Å². The van der Waals surface area contributed by atoms with Crippen LogP contribution in [-0.4, -0.2) is 56.9 Å². The first-order valence-electron chi connectivity index (χ1n) is 6.17. The predicted molar refractivity (Wildman–Crippen MR) is 118 cm³/mol. The van der Waals surface area contributed by atoms with Gasteiger partial charge in [-0.2, -0.15) is 0 Å². The van der Waals surface area contributed by atoms with Crippen LogP contribution >= 0.6 is 64.8 Å². The second kappa shape index (κ2) is 33.8. The van der Waals surface area contributed by atoms with E-state index in [1.54, 1.807) is 71.7 Å². The Morgan fingerprint density at radius 1 is 0.909 bits per heavy atom. The first-order valence-corrected chi connectivity index (χ1v) is 15.1. The van der Waals surface area contributed by atoms with Gasteiger partial charge >= 0.3 is 5.97 Å². The van der Waals surface area contributed by atoms with Gasteiger partial charge in [0, 0.05) is 12.3 Å². The zero-order valence-electron chi connectivity index (χ0n) is 14.7. The van der Waals surface area contributed by atoms with Crippen molar-refractivity contribution in [1.82, 2.24) is 0 Å². The first-order chi connectivity index (χ1) is 10.4. The number of methoxy groups -OCH3 is 1. The molecular weight excluding hydrogens is 397 g/mol. The third-order valence-electron chi connectivity index (χ3n) is 1.76. The summed E-state index contributed by atoms with van der Waals surface area (Å²) in [4.78, 5) is 20.5. The molecule has 0 saturated carbocycles. The molecule has 1 unspecified atom stereocenters. The molecule has 0 amide bonds. The monoisotopic (exact) mass is 426 g/mol. The van der Waals surface area contributed by atoms with E-state index in [4.69, 9.17) is 0 Å². The first kappa shape index (κ1) is 31.1. The fraction of sp³-hybridized carbons (Fsp3) is 0.846. The number of aldehydes is 1. The van der Waals surface area contributed by atoms with Gasteiger partial charge < -0.3 is 9.53 Å². The molecule has 0 saturated heterocycles. The maximum atomic E-state index is 10.5. The average Bonchev–Trinajstić information content (AvgIpc) is 2.59. The summed E-state index contributed by atoms with van der Waals surface area (Å²) in [6, 6.07) is 0. The number of esters is 1. The van der Waals surface area contributed by atoms with Crippen molar-refractivity contribution in [3.05, 3.63) is 0 Å². The number of rotatable bonds is 7. The van der Waals surface area contributed by atoms with E-state index in [9.17, 15) is 9.59 Å². The lowest BCUT2D eigenvalue weighted by molar-refractivity contribution is -0.140. The van der Waals surface area contributed by atoms with Gasteiger partial charge in [0.15, 0.2) is 0 Å². The Bertz CT molecular complexity index is 193. The number of carbonyl (C=O) groups excluding carboxylic acids is 2. The highest BCUT2D eigenvalue weighted by Crippen LogP contribution is 2.09. The zero-order chi connectivity index (χ0) is 18.2. The Labute approximate surface area is 161 Å². The Balaban J connectivity index is -0.000000112. The van der Waals surface area contributed by atoms with E-state index in [2.05, 4.69) is 42.3 Å². The summed E-state index contributed by atoms with van der Waals surface area (Å²) < 4.78 is 4.39. The van der Waals surface area contributed by atoms with Gasteiger partial charge in [-0.1, -0.05) is 71.7 Å². The Morgan fingerprint density at radius 2 is 1.23 bits per heavy atom. The second-order valence-corrected chi connectivity index (χ2v) is 11.2. The van der Waals surface area contributed by atoms with Crippen LogP contribution in [0.3, 0.4) is 0 Å². The summed E-state index contributed by atoms with van der Waals surface area (Å²) in [6.07, 6.45) is 14.1. The molecule has 0 aliphatic carbocycles. The highest BCUT2D eigenvalue weighted by atomic mass is 33.1. The van der Waals surface area contributed by atoms with Crippen LogP contribution in [0.2, 0.25) is 0 Å². The molecule has 1 atom stereocenters. The maximum Gasteiger partial charge on any atom is 0.305 e. The van der Waals surface area contributed by atoms with E-state index in [0.29, 0.717) is 12.8 Å². The fourth-order valence-electron chi connectivity index (χ4n) is 0.516. The largest absolute Gasteiger partial charge is 0.469 e. The minimum atomic E-state index is -0.256. The number of hydrogen-bond acceptors (Lipinski definition) is 9. The van der Waals surface area contributed by atoms with Crippen molar-refractivity contribution in [3.63, 3.8) is 0 Å². The van der Waals surface area contributed by atoms with Crippen LogP contribution in [0, 0.1) is 5.92 Å². The summed E-state index contributed by atoms with van der Waals surface area (Å²) in [6.45, 7) is 1.77. The fourth-order valence-corrected chi connectivity index (χ4v) is 0.516. The molecule has 0 aliphatic rings. The molecule has 0 aromatic carbocycles. The lowest BCUT2D eigenvalue weighted by atomic mass is 10.1. The standard InChI is InChI=1S/C7H12O3.3C2H6S2/c1-6(5-8)3-4-7(9)10-2;3*1-3-4-2/h5-6H,3-4H2,1-2H3;3*1-2H3. The van der Waals surface area contributed by atoms with Crippen molar-refractivity contribution >= 4 is 77.0 Å². The summed E-state index contributed by atoms with van der Waals surface area (Å²) in [7, 11) is 12.0. The molecule has 22 heavy (non-hydrogen) atoms. The van der Waals surface area contributed by atoms with Gasteiger partial charge in [0.25, 0.3) is 0 Å². The summed E-state index contributed by atoms with van der Waals surface area (Å²) in [5, 5.41) is 0. The lowest BCUT2D eigenvalue weighted by Gasteiger charge is -2.00. The molecule has 0 aromatic rings. The molecule has 0 fully saturated rings. The van der Waals surface area contributed by atoms with Crippen LogP contribution in [0.15, 0.2) is 0 Å². The van der Waals surface area contributed by atoms with Gasteiger partial charge in [0.05, 0.1) is 7.11 Å². The van der Waals surface area contributed by atoms with E-state index in [0.717, 1.165) is 6.29 Å². The molecule has 0 rings (SSSR count). The van der Waals surface area contributed by atoms with Crippen molar-refractivity contribution in [1.29, 1.82) is 0 Å². The van der Waals surface area contributed by atoms with E-state index in [1.165, 1.54) is 7.11 Å². The highest BCUT2D eigenvalue weighted by Gasteiger charge is 2.04. The molecular formula is C13H30O3S6. The third-order valence-corrected chi connectivity index (χ3v) is 5.76. The minimum Gasteiger partial charge on any atom is -0.469 e. The van der Waals surface area contributed by atoms with Crippen LogP contribution in [0.1, 0.15) is 19.8 Å². The predicted octanol–water partition coefficient (Wildman–Crippen LogP) is 5.66. The van der Waals surface area contributed by atoms with Gasteiger partial charge in [0.1, 0.15) is 6.29 Å². The second-order valence-electron chi connectivity index (χ2n) is 3.23. The third kappa shape index (κ3) is 49.6. The Morgan fingerprint density at radius 3 is 1.41 bits per heavy atom. The summed E-state index contributed by atoms with van der Waals surface area (Å²) in [5.41, 5.74) is 0. The topological polar surface area (TPSA) is 43.4 Å².